The van der Waals surface area contributed by atoms with Crippen LogP contribution in [0.4, 0.5) is 0 Å². The van der Waals surface area contributed by atoms with Gasteiger partial charge in [0.15, 0.2) is 6.10 Å². The van der Waals surface area contributed by atoms with Crippen LogP contribution in [0.2, 0.25) is 0 Å². The molecule has 0 heterocycles. The fourth-order valence-electron chi connectivity index (χ4n) is 9.32. The van der Waals surface area contributed by atoms with E-state index in [0.29, 0.717) is 19.3 Å². The standard InChI is InChI=1S/C68H122O6/c1-4-7-10-13-16-19-22-25-27-28-29-30-31-32-33-34-35-36-37-38-39-40-41-44-46-49-52-55-58-61-67(70)73-64-65(63-72-66(69)60-57-54-51-48-45-42-24-21-18-15-12-9-6-3)74-68(71)62-59-56-53-50-47-43-26-23-20-17-14-11-8-5-2/h21-26,28-29,31-32,65H,4-20,27,30,33-64H2,1-3H3/b24-21-,25-22-,26-23-,29-28-,32-31-. The molecule has 0 aliphatic heterocycles. The zero-order valence-corrected chi connectivity index (χ0v) is 49.4. The smallest absolute Gasteiger partial charge is 0.306 e. The van der Waals surface area contributed by atoms with Gasteiger partial charge in [-0.05, 0) is 109 Å². The molecule has 0 saturated heterocycles. The van der Waals surface area contributed by atoms with Crippen LogP contribution in [0.1, 0.15) is 335 Å². The van der Waals surface area contributed by atoms with E-state index in [1.165, 1.54) is 205 Å². The maximum atomic E-state index is 12.9. The van der Waals surface area contributed by atoms with E-state index in [1.54, 1.807) is 0 Å². The lowest BCUT2D eigenvalue weighted by atomic mass is 10.0. The molecule has 74 heavy (non-hydrogen) atoms. The minimum absolute atomic E-state index is 0.0782. The van der Waals surface area contributed by atoms with Gasteiger partial charge in [-0.3, -0.25) is 14.4 Å². The van der Waals surface area contributed by atoms with Crippen LogP contribution in [-0.4, -0.2) is 37.2 Å². The number of carbonyl (C=O) groups excluding carboxylic acids is 3. The first-order valence-corrected chi connectivity index (χ1v) is 32.3. The van der Waals surface area contributed by atoms with Gasteiger partial charge in [0.25, 0.3) is 0 Å². The maximum Gasteiger partial charge on any atom is 0.306 e. The van der Waals surface area contributed by atoms with Crippen LogP contribution in [0.3, 0.4) is 0 Å². The van der Waals surface area contributed by atoms with Gasteiger partial charge in [0, 0.05) is 19.3 Å². The van der Waals surface area contributed by atoms with E-state index in [0.717, 1.165) is 89.9 Å². The van der Waals surface area contributed by atoms with Crippen LogP contribution in [0.25, 0.3) is 0 Å². The van der Waals surface area contributed by atoms with Gasteiger partial charge in [-0.1, -0.05) is 268 Å². The number of allylic oxidation sites excluding steroid dienone is 10. The molecule has 6 heteroatoms. The van der Waals surface area contributed by atoms with E-state index < -0.39 is 6.10 Å². The fraction of sp³-hybridized carbons (Fsp3) is 0.809. The summed E-state index contributed by atoms with van der Waals surface area (Å²) < 4.78 is 16.9. The summed E-state index contributed by atoms with van der Waals surface area (Å²) in [5.74, 6) is -0.882. The van der Waals surface area contributed by atoms with Crippen molar-refractivity contribution in [2.24, 2.45) is 0 Å². The van der Waals surface area contributed by atoms with Crippen molar-refractivity contribution in [3.05, 3.63) is 60.8 Å². The van der Waals surface area contributed by atoms with E-state index in [2.05, 4.69) is 81.5 Å². The van der Waals surface area contributed by atoms with Crippen LogP contribution in [0.15, 0.2) is 60.8 Å². The molecule has 0 rings (SSSR count). The Labute approximate surface area is 460 Å². The number of carbonyl (C=O) groups is 3. The Morgan fingerprint density at radius 2 is 0.486 bits per heavy atom. The third kappa shape index (κ3) is 60.0. The van der Waals surface area contributed by atoms with Crippen LogP contribution in [0, 0.1) is 0 Å². The predicted molar refractivity (Wildman–Crippen MR) is 321 cm³/mol. The summed E-state index contributed by atoms with van der Waals surface area (Å²) in [6.45, 7) is 6.62. The lowest BCUT2D eigenvalue weighted by molar-refractivity contribution is -0.167. The average molecular weight is 1040 g/mol. The summed E-state index contributed by atoms with van der Waals surface area (Å²) in [6.07, 6.45) is 79.5. The molecule has 1 atom stereocenters. The number of esters is 3. The summed E-state index contributed by atoms with van der Waals surface area (Å²) in [5.41, 5.74) is 0. The van der Waals surface area contributed by atoms with Gasteiger partial charge in [-0.15, -0.1) is 0 Å². The molecule has 0 aliphatic rings. The van der Waals surface area contributed by atoms with Gasteiger partial charge in [0.05, 0.1) is 0 Å². The Balaban J connectivity index is 4.20. The van der Waals surface area contributed by atoms with Gasteiger partial charge < -0.3 is 14.2 Å². The van der Waals surface area contributed by atoms with Crippen LogP contribution in [-0.2, 0) is 28.6 Å². The summed E-state index contributed by atoms with van der Waals surface area (Å²) in [4.78, 5) is 38.2. The highest BCUT2D eigenvalue weighted by atomic mass is 16.6. The zero-order valence-electron chi connectivity index (χ0n) is 49.4. The number of unbranched alkanes of at least 4 members (excludes halogenated alkanes) is 38. The van der Waals surface area contributed by atoms with E-state index in [1.807, 2.05) is 0 Å². The molecule has 0 amide bonds. The molecule has 0 aromatic carbocycles. The minimum atomic E-state index is -0.781. The first kappa shape index (κ1) is 71.1. The average Bonchev–Trinajstić information content (AvgIpc) is 3.40. The molecular formula is C68H122O6. The van der Waals surface area contributed by atoms with Crippen molar-refractivity contribution in [2.75, 3.05) is 13.2 Å². The van der Waals surface area contributed by atoms with Gasteiger partial charge in [-0.25, -0.2) is 0 Å². The Kier molecular flexibility index (Phi) is 60.2. The molecule has 1 unspecified atom stereocenters. The minimum Gasteiger partial charge on any atom is -0.462 e. The lowest BCUT2D eigenvalue weighted by Gasteiger charge is -2.18. The normalized spacial score (nSPS) is 12.4. The molecule has 430 valence electrons. The molecule has 0 bridgehead atoms. The highest BCUT2D eigenvalue weighted by molar-refractivity contribution is 5.71. The fourth-order valence-corrected chi connectivity index (χ4v) is 9.32. The monoisotopic (exact) mass is 1030 g/mol. The molecule has 0 aromatic heterocycles. The molecule has 0 N–H and O–H groups in total. The lowest BCUT2D eigenvalue weighted by Crippen LogP contribution is -2.30. The van der Waals surface area contributed by atoms with Crippen LogP contribution in [0.5, 0.6) is 0 Å². The van der Waals surface area contributed by atoms with Crippen LogP contribution >= 0.6 is 0 Å². The Morgan fingerprint density at radius 3 is 0.784 bits per heavy atom. The highest BCUT2D eigenvalue weighted by Crippen LogP contribution is 2.16. The summed E-state index contributed by atoms with van der Waals surface area (Å²) in [7, 11) is 0. The predicted octanol–water partition coefficient (Wildman–Crippen LogP) is 21.9. The van der Waals surface area contributed by atoms with E-state index in [9.17, 15) is 14.4 Å². The third-order valence-corrected chi connectivity index (χ3v) is 14.2. The van der Waals surface area contributed by atoms with Gasteiger partial charge >= 0.3 is 17.9 Å². The number of rotatable bonds is 59. The second-order valence-electron chi connectivity index (χ2n) is 21.7. The van der Waals surface area contributed by atoms with Crippen molar-refractivity contribution in [1.82, 2.24) is 0 Å². The first-order valence-electron chi connectivity index (χ1n) is 32.3. The Morgan fingerprint density at radius 1 is 0.270 bits per heavy atom. The molecule has 0 fully saturated rings. The highest BCUT2D eigenvalue weighted by Gasteiger charge is 2.19. The number of hydrogen-bond donors (Lipinski definition) is 0. The van der Waals surface area contributed by atoms with Crippen molar-refractivity contribution < 1.29 is 28.6 Å². The zero-order chi connectivity index (χ0) is 53.6. The molecule has 6 nitrogen and oxygen atoms in total. The maximum absolute atomic E-state index is 12.9. The second-order valence-corrected chi connectivity index (χ2v) is 21.7. The summed E-state index contributed by atoms with van der Waals surface area (Å²) >= 11 is 0. The van der Waals surface area contributed by atoms with Crippen LogP contribution < -0.4 is 0 Å². The van der Waals surface area contributed by atoms with Gasteiger partial charge in [0.1, 0.15) is 13.2 Å². The first-order chi connectivity index (χ1) is 36.5. The largest absolute Gasteiger partial charge is 0.462 e. The number of hydrogen-bond acceptors (Lipinski definition) is 6. The molecular weight excluding hydrogens is 913 g/mol. The molecule has 0 saturated carbocycles. The SMILES string of the molecule is CCCCCC/C=C\CCCCCCCC(=O)OCC(COC(=O)CCCCCCCCCCCCCCCC/C=C\C/C=C\C/C=C\CCCCCCC)OC(=O)CCCCCCC/C=C\CCCCCCC. The Hall–Kier alpha value is -2.89. The molecule has 0 aliphatic carbocycles. The van der Waals surface area contributed by atoms with Crippen molar-refractivity contribution in [2.45, 2.75) is 341 Å². The third-order valence-electron chi connectivity index (χ3n) is 14.2. The summed E-state index contributed by atoms with van der Waals surface area (Å²) in [5, 5.41) is 0. The van der Waals surface area contributed by atoms with Crippen molar-refractivity contribution in [3.63, 3.8) is 0 Å². The summed E-state index contributed by atoms with van der Waals surface area (Å²) in [6, 6.07) is 0. The topological polar surface area (TPSA) is 78.9 Å². The second kappa shape index (κ2) is 62.6. The molecule has 0 radical (unpaired) electrons. The van der Waals surface area contributed by atoms with Gasteiger partial charge in [0.2, 0.25) is 0 Å². The van der Waals surface area contributed by atoms with Crippen molar-refractivity contribution >= 4 is 17.9 Å². The van der Waals surface area contributed by atoms with Crippen molar-refractivity contribution in [3.8, 4) is 0 Å². The molecule has 0 aromatic rings. The van der Waals surface area contributed by atoms with E-state index in [4.69, 9.17) is 14.2 Å². The van der Waals surface area contributed by atoms with Gasteiger partial charge in [-0.2, -0.15) is 0 Å². The van der Waals surface area contributed by atoms with E-state index >= 15 is 0 Å². The quantitative estimate of drug-likeness (QED) is 0.0261. The van der Waals surface area contributed by atoms with Crippen molar-refractivity contribution in [1.29, 1.82) is 0 Å². The molecule has 0 spiro atoms. The number of ether oxygens (including phenoxy) is 3. The van der Waals surface area contributed by atoms with E-state index in [-0.39, 0.29) is 31.1 Å². The Bertz CT molecular complexity index is 1330.